The van der Waals surface area contributed by atoms with E-state index in [0.717, 1.165) is 5.56 Å². The van der Waals surface area contributed by atoms with Gasteiger partial charge in [-0.25, -0.2) is 4.98 Å². The van der Waals surface area contributed by atoms with E-state index in [9.17, 15) is 9.59 Å². The predicted octanol–water partition coefficient (Wildman–Crippen LogP) is 2.75. The monoisotopic (exact) mass is 395 g/mol. The minimum atomic E-state index is -0.471. The van der Waals surface area contributed by atoms with Crippen LogP contribution in [0.15, 0.2) is 59.1 Å². The van der Waals surface area contributed by atoms with Gasteiger partial charge < -0.3 is 13.9 Å². The molecule has 150 valence electrons. The van der Waals surface area contributed by atoms with Crippen molar-refractivity contribution in [2.45, 2.75) is 12.8 Å². The first kappa shape index (κ1) is 19.9. The zero-order valence-electron chi connectivity index (χ0n) is 16.1. The minimum absolute atomic E-state index is 0.112. The van der Waals surface area contributed by atoms with Gasteiger partial charge in [0.15, 0.2) is 23.1 Å². The lowest BCUT2D eigenvalue weighted by Gasteiger charge is -2.10. The first-order valence-corrected chi connectivity index (χ1v) is 8.92. The second-order valence-electron chi connectivity index (χ2n) is 6.06. The van der Waals surface area contributed by atoms with E-state index in [0.29, 0.717) is 35.1 Å². The van der Waals surface area contributed by atoms with Crippen molar-refractivity contribution < 1.29 is 23.5 Å². The highest BCUT2D eigenvalue weighted by Gasteiger charge is 2.13. The van der Waals surface area contributed by atoms with Gasteiger partial charge in [-0.3, -0.25) is 20.4 Å². The summed E-state index contributed by atoms with van der Waals surface area (Å²) in [5, 5.41) is 0. The fourth-order valence-electron chi connectivity index (χ4n) is 2.62. The molecule has 0 atom stereocenters. The molecule has 8 nitrogen and oxygen atoms in total. The van der Waals surface area contributed by atoms with Gasteiger partial charge in [0.05, 0.1) is 20.4 Å². The van der Waals surface area contributed by atoms with Crippen molar-refractivity contribution in [2.24, 2.45) is 0 Å². The molecule has 0 aliphatic heterocycles. The average Bonchev–Trinajstić information content (AvgIpc) is 3.25. The Balaban J connectivity index is 1.49. The van der Waals surface area contributed by atoms with Gasteiger partial charge in [0, 0.05) is 24.0 Å². The van der Waals surface area contributed by atoms with E-state index < -0.39 is 5.91 Å². The van der Waals surface area contributed by atoms with Gasteiger partial charge in [-0.05, 0) is 18.2 Å². The predicted molar refractivity (Wildman–Crippen MR) is 105 cm³/mol. The molecular formula is C21H21N3O5. The van der Waals surface area contributed by atoms with Crippen LogP contribution in [0.3, 0.4) is 0 Å². The summed E-state index contributed by atoms with van der Waals surface area (Å²) in [4.78, 5) is 28.4. The number of benzene rings is 2. The molecule has 8 heteroatoms. The minimum Gasteiger partial charge on any atom is -0.493 e. The molecule has 3 aromatic rings. The third-order valence-corrected chi connectivity index (χ3v) is 4.14. The van der Waals surface area contributed by atoms with Gasteiger partial charge in [-0.15, -0.1) is 0 Å². The Bertz CT molecular complexity index is 985. The van der Waals surface area contributed by atoms with Crippen molar-refractivity contribution in [3.63, 3.8) is 0 Å². The largest absolute Gasteiger partial charge is 0.493 e. The van der Waals surface area contributed by atoms with E-state index in [2.05, 4.69) is 15.8 Å². The number of ether oxygens (including phenoxy) is 2. The molecule has 0 saturated carbocycles. The summed E-state index contributed by atoms with van der Waals surface area (Å²) < 4.78 is 16.0. The third-order valence-electron chi connectivity index (χ3n) is 4.14. The Labute approximate surface area is 167 Å². The van der Waals surface area contributed by atoms with Crippen molar-refractivity contribution in [1.29, 1.82) is 0 Å². The summed E-state index contributed by atoms with van der Waals surface area (Å²) in [5.41, 5.74) is 5.98. The van der Waals surface area contributed by atoms with Crippen LogP contribution in [0, 0.1) is 0 Å². The maximum absolute atomic E-state index is 12.2. The van der Waals surface area contributed by atoms with Crippen LogP contribution >= 0.6 is 0 Å². The molecule has 0 saturated heterocycles. The van der Waals surface area contributed by atoms with Gasteiger partial charge in [0.2, 0.25) is 5.91 Å². The maximum atomic E-state index is 12.2. The number of hydrazine groups is 1. The number of aryl methyl sites for hydroxylation is 1. The normalized spacial score (nSPS) is 10.3. The van der Waals surface area contributed by atoms with Gasteiger partial charge in [0.25, 0.3) is 5.91 Å². The van der Waals surface area contributed by atoms with E-state index in [-0.39, 0.29) is 12.3 Å². The van der Waals surface area contributed by atoms with Crippen LogP contribution in [0.5, 0.6) is 11.5 Å². The molecule has 0 bridgehead atoms. The quantitative estimate of drug-likeness (QED) is 0.597. The SMILES string of the molecule is COc1ccc(C(=O)NNC(=O)CCc2ncc(-c3ccccc3)o2)cc1OC. The number of oxazole rings is 1. The summed E-state index contributed by atoms with van der Waals surface area (Å²) in [6.07, 6.45) is 2.05. The van der Waals surface area contributed by atoms with Crippen LogP contribution in [0.2, 0.25) is 0 Å². The van der Waals surface area contributed by atoms with Gasteiger partial charge >= 0.3 is 0 Å². The highest BCUT2D eigenvalue weighted by molar-refractivity contribution is 5.96. The lowest BCUT2D eigenvalue weighted by molar-refractivity contribution is -0.121. The van der Waals surface area contributed by atoms with Crippen molar-refractivity contribution in [3.05, 3.63) is 66.2 Å². The Morgan fingerprint density at radius 2 is 1.76 bits per heavy atom. The molecule has 2 aromatic carbocycles. The van der Waals surface area contributed by atoms with E-state index in [1.807, 2.05) is 30.3 Å². The number of methoxy groups -OCH3 is 2. The van der Waals surface area contributed by atoms with Crippen molar-refractivity contribution in [3.8, 4) is 22.8 Å². The standard InChI is InChI=1S/C21H21N3O5/c1-27-16-9-8-15(12-17(16)28-2)21(26)24-23-19(25)10-11-20-22-13-18(29-20)14-6-4-3-5-7-14/h3-9,12-13H,10-11H2,1-2H3,(H,23,25)(H,24,26). The number of nitrogens with one attached hydrogen (secondary N) is 2. The van der Waals surface area contributed by atoms with Crippen LogP contribution in [0.4, 0.5) is 0 Å². The molecule has 1 heterocycles. The number of carbonyl (C=O) groups excluding carboxylic acids is 2. The average molecular weight is 395 g/mol. The Hall–Kier alpha value is -3.81. The zero-order valence-corrected chi connectivity index (χ0v) is 16.1. The molecule has 2 N–H and O–H groups in total. The molecular weight excluding hydrogens is 374 g/mol. The zero-order chi connectivity index (χ0) is 20.6. The number of amides is 2. The van der Waals surface area contributed by atoms with Crippen LogP contribution in [-0.4, -0.2) is 31.0 Å². The molecule has 2 amide bonds. The van der Waals surface area contributed by atoms with Crippen molar-refractivity contribution >= 4 is 11.8 Å². The molecule has 0 aliphatic carbocycles. The van der Waals surface area contributed by atoms with Crippen LogP contribution in [0.25, 0.3) is 11.3 Å². The van der Waals surface area contributed by atoms with E-state index in [4.69, 9.17) is 13.9 Å². The first-order chi connectivity index (χ1) is 14.1. The Morgan fingerprint density at radius 3 is 2.48 bits per heavy atom. The highest BCUT2D eigenvalue weighted by atomic mass is 16.5. The molecule has 3 rings (SSSR count). The van der Waals surface area contributed by atoms with E-state index in [1.165, 1.54) is 20.3 Å². The molecule has 0 radical (unpaired) electrons. The topological polar surface area (TPSA) is 103 Å². The fraction of sp³-hybridized carbons (Fsp3) is 0.190. The number of nitrogens with zero attached hydrogens (tertiary/aromatic N) is 1. The molecule has 0 fully saturated rings. The van der Waals surface area contributed by atoms with Crippen LogP contribution in [0.1, 0.15) is 22.7 Å². The summed E-state index contributed by atoms with van der Waals surface area (Å²) in [5.74, 6) is 1.19. The highest BCUT2D eigenvalue weighted by Crippen LogP contribution is 2.27. The van der Waals surface area contributed by atoms with Crippen molar-refractivity contribution in [2.75, 3.05) is 14.2 Å². The molecule has 0 unspecified atom stereocenters. The van der Waals surface area contributed by atoms with Crippen LogP contribution in [-0.2, 0) is 11.2 Å². The molecule has 0 aliphatic rings. The lowest BCUT2D eigenvalue weighted by Crippen LogP contribution is -2.41. The number of hydrogen-bond donors (Lipinski definition) is 2. The summed E-state index contributed by atoms with van der Waals surface area (Å²) in [6, 6.07) is 14.3. The van der Waals surface area contributed by atoms with E-state index in [1.54, 1.807) is 18.3 Å². The smallest absolute Gasteiger partial charge is 0.269 e. The summed E-state index contributed by atoms with van der Waals surface area (Å²) >= 11 is 0. The van der Waals surface area contributed by atoms with Gasteiger partial charge in [0.1, 0.15) is 0 Å². The van der Waals surface area contributed by atoms with Gasteiger partial charge in [-0.1, -0.05) is 30.3 Å². The first-order valence-electron chi connectivity index (χ1n) is 8.92. The Morgan fingerprint density at radius 1 is 1.00 bits per heavy atom. The fourth-order valence-corrected chi connectivity index (χ4v) is 2.62. The second kappa shape index (κ2) is 9.41. The second-order valence-corrected chi connectivity index (χ2v) is 6.06. The number of carbonyl (C=O) groups is 2. The molecule has 1 aromatic heterocycles. The molecule has 0 spiro atoms. The summed E-state index contributed by atoms with van der Waals surface area (Å²) in [7, 11) is 2.99. The lowest BCUT2D eigenvalue weighted by atomic mass is 10.2. The van der Waals surface area contributed by atoms with Gasteiger partial charge in [-0.2, -0.15) is 0 Å². The van der Waals surface area contributed by atoms with Crippen molar-refractivity contribution in [1.82, 2.24) is 15.8 Å². The third kappa shape index (κ3) is 5.13. The number of rotatable bonds is 7. The van der Waals surface area contributed by atoms with Crippen LogP contribution < -0.4 is 20.3 Å². The van der Waals surface area contributed by atoms with E-state index >= 15 is 0 Å². The summed E-state index contributed by atoms with van der Waals surface area (Å²) in [6.45, 7) is 0. The maximum Gasteiger partial charge on any atom is 0.269 e. The Kier molecular flexibility index (Phi) is 6.47. The number of hydrogen-bond acceptors (Lipinski definition) is 6. The number of aromatic nitrogens is 1. The molecule has 29 heavy (non-hydrogen) atoms.